The van der Waals surface area contributed by atoms with Gasteiger partial charge in [-0.05, 0) is 51.4 Å². The lowest BCUT2D eigenvalue weighted by atomic mass is 9.90. The summed E-state index contributed by atoms with van der Waals surface area (Å²) in [5.74, 6) is 3.60. The summed E-state index contributed by atoms with van der Waals surface area (Å²) in [6, 6.07) is 0. The van der Waals surface area contributed by atoms with Gasteiger partial charge < -0.3 is 46.7 Å². The van der Waals surface area contributed by atoms with Crippen LogP contribution >= 0.6 is 61.2 Å². The zero-order valence-corrected chi connectivity index (χ0v) is 43.1. The molecule has 0 radical (unpaired) electrons. The van der Waals surface area contributed by atoms with Crippen LogP contribution in [0.1, 0.15) is 85.4 Å². The van der Waals surface area contributed by atoms with E-state index in [1.807, 2.05) is 13.8 Å². The number of hydrogen-bond donors (Lipinski definition) is 7. The van der Waals surface area contributed by atoms with E-state index in [1.165, 1.54) is 17.2 Å². The molecule has 0 saturated carbocycles. The maximum Gasteiger partial charge on any atom is 0.354 e. The van der Waals surface area contributed by atoms with Crippen molar-refractivity contribution in [3.8, 4) is 0 Å². The van der Waals surface area contributed by atoms with E-state index in [1.54, 1.807) is 0 Å². The summed E-state index contributed by atoms with van der Waals surface area (Å²) < 4.78 is 19.1. The van der Waals surface area contributed by atoms with Crippen molar-refractivity contribution in [1.29, 1.82) is 0 Å². The highest BCUT2D eigenvalue weighted by atomic mass is 128. The Morgan fingerprint density at radius 2 is 1.11 bits per heavy atom. The topological polar surface area (TPSA) is 359 Å². The number of ether oxygens (including phenoxy) is 3. The summed E-state index contributed by atoms with van der Waals surface area (Å²) in [5.41, 5.74) is 14.0. The van der Waals surface area contributed by atoms with Crippen LogP contribution in [0, 0.1) is 37.5 Å². The van der Waals surface area contributed by atoms with Gasteiger partial charge in [0.2, 0.25) is 17.8 Å². The Labute approximate surface area is 404 Å². The largest absolute Gasteiger partial charge is 0.394 e. The van der Waals surface area contributed by atoms with Crippen LogP contribution in [0.25, 0.3) is 0 Å². The van der Waals surface area contributed by atoms with Crippen molar-refractivity contribution in [2.75, 3.05) is 23.8 Å². The van der Waals surface area contributed by atoms with Crippen molar-refractivity contribution in [2.24, 2.45) is 23.7 Å². The first-order valence-corrected chi connectivity index (χ1v) is 25.9. The molecule has 0 bridgehead atoms. The molecule has 0 aliphatic carbocycles. The van der Waals surface area contributed by atoms with E-state index in [-0.39, 0.29) is 60.1 Å². The Hall–Kier alpha value is -3.21. The highest BCUT2D eigenvalue weighted by molar-refractivity contribution is 15.0. The van der Waals surface area contributed by atoms with E-state index in [2.05, 4.69) is 136 Å². The molecule has 4 aromatic rings. The van der Waals surface area contributed by atoms with Crippen LogP contribution in [0.2, 0.25) is 0 Å². The highest BCUT2D eigenvalue weighted by Crippen LogP contribution is 2.39. The van der Waals surface area contributed by atoms with Gasteiger partial charge in [0, 0.05) is 43.1 Å². The fourth-order valence-electron chi connectivity index (χ4n) is 6.54. The summed E-state index contributed by atoms with van der Waals surface area (Å²) in [4.78, 5) is 68.3. The summed E-state index contributed by atoms with van der Waals surface area (Å²) in [6.07, 6.45) is 3.34. The third-order valence-electron chi connectivity index (χ3n) is 10.5. The minimum atomic E-state index is -1.35. The predicted molar refractivity (Wildman–Crippen MR) is 260 cm³/mol. The molecular weight excluding hydrogens is 1170 g/mol. The molecule has 0 spiro atoms. The second-order valence-corrected chi connectivity index (χ2v) is 14.5. The number of H-pyrrole nitrogens is 1. The van der Waals surface area contributed by atoms with Gasteiger partial charge in [-0.1, -0.05) is 41.5 Å². The smallest absolute Gasteiger partial charge is 0.354 e. The molecule has 3 fully saturated rings. The van der Waals surface area contributed by atoms with Gasteiger partial charge in [0.05, 0.1) is 24.9 Å². The molecule has 3 saturated heterocycles. The second kappa shape index (κ2) is 28.6. The van der Waals surface area contributed by atoms with Crippen LogP contribution < -0.4 is 34.3 Å². The maximum atomic E-state index is 11.7. The maximum absolute atomic E-state index is 11.7. The molecule has 0 amide bonds. The van der Waals surface area contributed by atoms with Crippen LogP contribution in [0.15, 0.2) is 39.7 Å². The van der Waals surface area contributed by atoms with Crippen LogP contribution in [0.5, 0.6) is 0 Å². The molecule has 24 nitrogen and oxygen atoms in total. The lowest BCUT2D eigenvalue weighted by Crippen LogP contribution is -2.36. The molecule has 63 heavy (non-hydrogen) atoms. The van der Waals surface area contributed by atoms with E-state index in [0.29, 0.717) is 18.1 Å². The Kier molecular flexibility index (Phi) is 26.3. The van der Waals surface area contributed by atoms with Gasteiger partial charge in [0.25, 0.3) is 0 Å². The number of nitrogens with two attached hydrogens (primary N) is 3. The van der Waals surface area contributed by atoms with Gasteiger partial charge in [-0.2, -0.15) is 15.0 Å². The Bertz CT molecular complexity index is 2020. The van der Waals surface area contributed by atoms with E-state index in [9.17, 15) is 24.6 Å². The van der Waals surface area contributed by atoms with Gasteiger partial charge in [0.1, 0.15) is 61.5 Å². The Balaban J connectivity index is 0.000000403. The molecule has 0 aromatic carbocycles. The van der Waals surface area contributed by atoms with Crippen LogP contribution in [-0.2, 0) is 14.2 Å². The molecule has 10 N–H and O–H groups in total. The van der Waals surface area contributed by atoms with Gasteiger partial charge in [-0.3, -0.25) is 14.1 Å². The van der Waals surface area contributed by atoms with Gasteiger partial charge >= 0.3 is 17.1 Å². The number of aliphatic hydroxyl groups is 3. The summed E-state index contributed by atoms with van der Waals surface area (Å²) in [6.45, 7) is 18.5. The molecule has 7 heterocycles. The number of halogens is 3. The summed E-state index contributed by atoms with van der Waals surface area (Å²) in [7, 11) is 0. The van der Waals surface area contributed by atoms with Gasteiger partial charge in [0.15, 0.2) is 6.23 Å². The molecule has 3 aliphatic heterocycles. The number of nitrogens with one attached hydrogen (secondary N) is 1. The SMILES string of the molecule is CC[C@H]1OC(C)[C@H](C)[C@@H]1C.CC[C@H]1O[C@@H](n2cnc(N)nc2=O)[C@H](C)[C@@H]1C.Cc1ncnc(C)n1.I.II.Nc1ncn([C@@H]2O[C@H](CO)[C@@H](O)[C@H]2O)c(=O)n1.Nc1ncnc(=O)[nH]1. The number of rotatable bonds is 5. The second-order valence-electron chi connectivity index (χ2n) is 14.5. The molecule has 12 atom stereocenters. The van der Waals surface area contributed by atoms with Crippen molar-refractivity contribution in [3.63, 3.8) is 0 Å². The van der Waals surface area contributed by atoms with Crippen LogP contribution in [0.3, 0.4) is 0 Å². The quantitative estimate of drug-likeness (QED) is 0.140. The third-order valence-corrected chi connectivity index (χ3v) is 10.5. The lowest BCUT2D eigenvalue weighted by molar-refractivity contribution is -0.0554. The molecule has 7 rings (SSSR count). The van der Waals surface area contributed by atoms with Crippen LogP contribution in [-0.4, -0.2) is 118 Å². The van der Waals surface area contributed by atoms with Crippen LogP contribution in [0.4, 0.5) is 17.8 Å². The fourth-order valence-corrected chi connectivity index (χ4v) is 6.54. The first-order chi connectivity index (χ1) is 29.3. The summed E-state index contributed by atoms with van der Waals surface area (Å²) in [5, 5.41) is 28.1. The zero-order valence-electron chi connectivity index (χ0n) is 36.5. The molecule has 27 heteroatoms. The number of aromatic amines is 1. The minimum Gasteiger partial charge on any atom is -0.394 e. The highest BCUT2D eigenvalue weighted by Gasteiger charge is 2.44. The van der Waals surface area contributed by atoms with E-state index >= 15 is 0 Å². The summed E-state index contributed by atoms with van der Waals surface area (Å²) >= 11 is 4.24. The van der Waals surface area contributed by atoms with E-state index in [0.717, 1.165) is 53.5 Å². The minimum absolute atomic E-state index is 0. The molecule has 354 valence electrons. The fraction of sp³-hybridized carbons (Fsp3) is 0.667. The first-order valence-electron chi connectivity index (χ1n) is 19.6. The predicted octanol–water partition coefficient (Wildman–Crippen LogP) is 1.71. The molecule has 1 unspecified atom stereocenters. The van der Waals surface area contributed by atoms with Crippen molar-refractivity contribution in [2.45, 2.75) is 124 Å². The number of aryl methyl sites for hydroxylation is 2. The third kappa shape index (κ3) is 17.3. The monoisotopic (exact) mass is 1230 g/mol. The molecular formula is C36H60I3N15O9. The normalized spacial score (nSPS) is 27.8. The van der Waals surface area contributed by atoms with Gasteiger partial charge in [-0.15, -0.1) is 24.0 Å². The van der Waals surface area contributed by atoms with Gasteiger partial charge in [-0.25, -0.2) is 44.3 Å². The van der Waals surface area contributed by atoms with E-state index < -0.39 is 48.2 Å². The van der Waals surface area contributed by atoms with Crippen molar-refractivity contribution < 1.29 is 29.5 Å². The number of anilines is 3. The number of nitrogen functional groups attached to an aromatic ring is 3. The Morgan fingerprint density at radius 3 is 1.44 bits per heavy atom. The zero-order chi connectivity index (χ0) is 46.8. The average molecular weight is 1230 g/mol. The lowest BCUT2D eigenvalue weighted by Gasteiger charge is -2.17. The Morgan fingerprint density at radius 1 is 0.651 bits per heavy atom. The molecule has 4 aromatic heterocycles. The van der Waals surface area contributed by atoms with E-state index in [4.69, 9.17) is 36.5 Å². The van der Waals surface area contributed by atoms with Crippen molar-refractivity contribution >= 4 is 79.1 Å². The average Bonchev–Trinajstić information content (AvgIpc) is 3.79. The number of hydrogen-bond acceptors (Lipinski definition) is 21. The first kappa shape index (κ1) is 57.8. The van der Waals surface area contributed by atoms with Crippen molar-refractivity contribution in [3.05, 3.63) is 68.4 Å². The number of nitrogens with zero attached hydrogens (tertiary/aromatic N) is 11. The number of aliphatic hydroxyl groups excluding tert-OH is 3. The molecule has 3 aliphatic rings. The van der Waals surface area contributed by atoms with Crippen molar-refractivity contribution in [1.82, 2.24) is 59.0 Å². The standard InChI is InChI=1S/C11H18N4O2.C9H18O.C8H12N4O5.C5H7N3.C3H4N4O.I2.HI/c1-4-8-6(2)7(3)9(17-8)15-5-13-10(12)14-11(15)16;1-5-9-7(3)6(2)8(4)10-9;9-7-10-2-12(8(16)11-7)6-5(15)4(14)3(1-13)17-6;1-4-6-3-7-5(2)8-4;4-2-5-1-6-3(8)7-2;1-2;/h5-9H,4H2,1-3H3,(H2,12,14,16);6-9H,5H2,1-4H3;2-6,13-15H,1H2,(H2,9,11,16);3H,1-2H3;1H,(H3,4,5,6,7,8);;1H/t6-,7+,8+,9+;6-,7+,8?,9-;3-,4-,5-,6-;;;;/m011..../s1. The number of aromatic nitrogens is 12.